The Labute approximate surface area is 155 Å². The Morgan fingerprint density at radius 1 is 1.00 bits per heavy atom. The fourth-order valence-electron chi connectivity index (χ4n) is 7.09. The molecule has 2 heteroatoms. The molecule has 4 unspecified atom stereocenters. The van der Waals surface area contributed by atoms with Crippen LogP contribution in [-0.2, 0) is 0 Å². The zero-order valence-corrected chi connectivity index (χ0v) is 17.1. The van der Waals surface area contributed by atoms with Gasteiger partial charge in [-0.05, 0) is 98.7 Å². The van der Waals surface area contributed by atoms with Gasteiger partial charge in [0.05, 0.1) is 12.2 Å². The number of aliphatic hydroxyl groups is 2. The van der Waals surface area contributed by atoms with Gasteiger partial charge in [0.2, 0.25) is 0 Å². The van der Waals surface area contributed by atoms with E-state index in [1.165, 1.54) is 32.1 Å². The summed E-state index contributed by atoms with van der Waals surface area (Å²) in [5.41, 5.74) is 0.479. The minimum atomic E-state index is -0.155. The number of fused-ring (bicyclic) bond motifs is 2. The minimum Gasteiger partial charge on any atom is -0.393 e. The van der Waals surface area contributed by atoms with Gasteiger partial charge in [0.1, 0.15) is 0 Å². The molecular weight excluding hydrogens is 308 g/mol. The Kier molecular flexibility index (Phi) is 6.21. The largest absolute Gasteiger partial charge is 0.393 e. The van der Waals surface area contributed by atoms with E-state index in [0.717, 1.165) is 49.9 Å². The zero-order valence-electron chi connectivity index (χ0n) is 17.1. The number of rotatable bonds is 2. The molecule has 0 saturated heterocycles. The highest BCUT2D eigenvalue weighted by Gasteiger charge is 2.54. The molecular formula is C23H42O2. The lowest BCUT2D eigenvalue weighted by atomic mass is 9.53. The Bertz CT molecular complexity index is 436. The van der Waals surface area contributed by atoms with Gasteiger partial charge in [-0.3, -0.25) is 0 Å². The van der Waals surface area contributed by atoms with E-state index in [1.54, 1.807) is 0 Å². The Morgan fingerprint density at radius 2 is 1.76 bits per heavy atom. The van der Waals surface area contributed by atoms with Crippen LogP contribution in [0.4, 0.5) is 0 Å². The second kappa shape index (κ2) is 7.89. The first-order valence-electron chi connectivity index (χ1n) is 11.2. The molecule has 3 aliphatic rings. The molecule has 0 aromatic carbocycles. The standard InChI is InChI=1S/C23H42O2/c1-5-15(2)21-12-10-17-13-19-20(14-23(17,21)4)16(3)9-11-18(24)7-6-8-22(19)25/h15-22,24-25H,5-14H2,1-4H3/t15-,16+,17?,18+,19?,20?,21?,22-,23+/m1/s1. The summed E-state index contributed by atoms with van der Waals surface area (Å²) < 4.78 is 0. The van der Waals surface area contributed by atoms with Crippen LogP contribution in [0.5, 0.6) is 0 Å². The van der Waals surface area contributed by atoms with Crippen LogP contribution in [0.3, 0.4) is 0 Å². The van der Waals surface area contributed by atoms with E-state index in [2.05, 4.69) is 27.7 Å². The summed E-state index contributed by atoms with van der Waals surface area (Å²) >= 11 is 0. The third-order valence-corrected chi connectivity index (χ3v) is 8.94. The van der Waals surface area contributed by atoms with Gasteiger partial charge < -0.3 is 10.2 Å². The lowest BCUT2D eigenvalue weighted by Gasteiger charge is -2.52. The quantitative estimate of drug-likeness (QED) is 0.699. The van der Waals surface area contributed by atoms with Gasteiger partial charge >= 0.3 is 0 Å². The van der Waals surface area contributed by atoms with E-state index in [4.69, 9.17) is 0 Å². The van der Waals surface area contributed by atoms with Crippen molar-refractivity contribution in [1.82, 2.24) is 0 Å². The molecule has 3 aliphatic carbocycles. The van der Waals surface area contributed by atoms with E-state index in [0.29, 0.717) is 23.2 Å². The summed E-state index contributed by atoms with van der Waals surface area (Å²) in [6.07, 6.45) is 11.2. The Balaban J connectivity index is 1.82. The van der Waals surface area contributed by atoms with Crippen molar-refractivity contribution in [1.29, 1.82) is 0 Å². The van der Waals surface area contributed by atoms with E-state index in [1.807, 2.05) is 0 Å². The van der Waals surface area contributed by atoms with Crippen molar-refractivity contribution >= 4 is 0 Å². The molecule has 2 nitrogen and oxygen atoms in total. The number of hydrogen-bond acceptors (Lipinski definition) is 2. The zero-order chi connectivity index (χ0) is 18.2. The minimum absolute atomic E-state index is 0.148. The molecule has 3 saturated carbocycles. The summed E-state index contributed by atoms with van der Waals surface area (Å²) in [7, 11) is 0. The molecule has 146 valence electrons. The van der Waals surface area contributed by atoms with Gasteiger partial charge in [0.25, 0.3) is 0 Å². The molecule has 25 heavy (non-hydrogen) atoms. The summed E-state index contributed by atoms with van der Waals surface area (Å²) in [4.78, 5) is 0. The van der Waals surface area contributed by atoms with Crippen LogP contribution in [0.2, 0.25) is 0 Å². The lowest BCUT2D eigenvalue weighted by molar-refractivity contribution is -0.0655. The second-order valence-corrected chi connectivity index (χ2v) is 10.2. The van der Waals surface area contributed by atoms with Crippen molar-refractivity contribution in [3.63, 3.8) is 0 Å². The summed E-state index contributed by atoms with van der Waals surface area (Å²) in [5, 5.41) is 21.2. The maximum Gasteiger partial charge on any atom is 0.0571 e. The van der Waals surface area contributed by atoms with E-state index >= 15 is 0 Å². The fraction of sp³-hybridized carbons (Fsp3) is 1.00. The van der Waals surface area contributed by atoms with E-state index in [9.17, 15) is 10.2 Å². The average Bonchev–Trinajstić information content (AvgIpc) is 2.93. The Hall–Kier alpha value is -0.0800. The van der Waals surface area contributed by atoms with E-state index in [-0.39, 0.29) is 12.2 Å². The first-order valence-corrected chi connectivity index (χ1v) is 11.2. The molecule has 9 atom stereocenters. The predicted octanol–water partition coefficient (Wildman–Crippen LogP) is 5.41. The fourth-order valence-corrected chi connectivity index (χ4v) is 7.09. The molecule has 0 radical (unpaired) electrons. The first-order chi connectivity index (χ1) is 11.9. The van der Waals surface area contributed by atoms with Crippen LogP contribution in [0.15, 0.2) is 0 Å². The number of aliphatic hydroxyl groups excluding tert-OH is 2. The highest BCUT2D eigenvalue weighted by molar-refractivity contribution is 5.04. The highest BCUT2D eigenvalue weighted by atomic mass is 16.3. The van der Waals surface area contributed by atoms with Crippen molar-refractivity contribution < 1.29 is 10.2 Å². The van der Waals surface area contributed by atoms with Crippen LogP contribution in [0.1, 0.15) is 91.9 Å². The number of hydrogen-bond donors (Lipinski definition) is 2. The molecule has 3 fully saturated rings. The molecule has 0 heterocycles. The smallest absolute Gasteiger partial charge is 0.0571 e. The van der Waals surface area contributed by atoms with Gasteiger partial charge in [0.15, 0.2) is 0 Å². The topological polar surface area (TPSA) is 40.5 Å². The van der Waals surface area contributed by atoms with Gasteiger partial charge in [-0.2, -0.15) is 0 Å². The molecule has 0 aromatic rings. The predicted molar refractivity (Wildman–Crippen MR) is 104 cm³/mol. The lowest BCUT2D eigenvalue weighted by Crippen LogP contribution is -2.46. The molecule has 0 spiro atoms. The second-order valence-electron chi connectivity index (χ2n) is 10.2. The monoisotopic (exact) mass is 350 g/mol. The van der Waals surface area contributed by atoms with Gasteiger partial charge in [0, 0.05) is 0 Å². The third kappa shape index (κ3) is 3.81. The normalized spacial score (nSPS) is 49.9. The summed E-state index contributed by atoms with van der Waals surface area (Å²) in [6, 6.07) is 0. The first kappa shape index (κ1) is 19.7. The van der Waals surface area contributed by atoms with Crippen molar-refractivity contribution in [3.05, 3.63) is 0 Å². The van der Waals surface area contributed by atoms with Crippen LogP contribution < -0.4 is 0 Å². The van der Waals surface area contributed by atoms with Crippen molar-refractivity contribution in [2.24, 2.45) is 40.9 Å². The molecule has 3 rings (SSSR count). The van der Waals surface area contributed by atoms with Crippen LogP contribution in [0.25, 0.3) is 0 Å². The maximum atomic E-state index is 11.0. The average molecular weight is 351 g/mol. The van der Waals surface area contributed by atoms with Crippen LogP contribution in [0, 0.1) is 40.9 Å². The maximum absolute atomic E-state index is 11.0. The summed E-state index contributed by atoms with van der Waals surface area (Å²) in [6.45, 7) is 9.80. The van der Waals surface area contributed by atoms with Crippen molar-refractivity contribution in [2.75, 3.05) is 0 Å². The van der Waals surface area contributed by atoms with E-state index < -0.39 is 0 Å². The summed E-state index contributed by atoms with van der Waals surface area (Å²) in [5.74, 6) is 4.29. The van der Waals surface area contributed by atoms with Crippen LogP contribution >= 0.6 is 0 Å². The molecule has 0 aliphatic heterocycles. The SMILES string of the molecule is CC[C@@H](C)C1CCC2CC3C(C[C@@]21C)[C@@H](C)CC[C@@H](O)CCC[C@H]3O. The molecule has 0 aromatic heterocycles. The van der Waals surface area contributed by atoms with Gasteiger partial charge in [-0.25, -0.2) is 0 Å². The molecule has 2 N–H and O–H groups in total. The highest BCUT2D eigenvalue weighted by Crippen LogP contribution is 2.62. The third-order valence-electron chi connectivity index (χ3n) is 8.94. The van der Waals surface area contributed by atoms with Gasteiger partial charge in [-0.15, -0.1) is 0 Å². The van der Waals surface area contributed by atoms with Crippen molar-refractivity contribution in [3.8, 4) is 0 Å². The molecule has 0 bridgehead atoms. The Morgan fingerprint density at radius 3 is 2.48 bits per heavy atom. The van der Waals surface area contributed by atoms with Crippen LogP contribution in [-0.4, -0.2) is 22.4 Å². The van der Waals surface area contributed by atoms with Gasteiger partial charge in [-0.1, -0.05) is 34.1 Å². The molecule has 0 amide bonds. The van der Waals surface area contributed by atoms with Crippen molar-refractivity contribution in [2.45, 2.75) is 104 Å².